The summed E-state index contributed by atoms with van der Waals surface area (Å²) in [6, 6.07) is 21.5. The van der Waals surface area contributed by atoms with Crippen molar-refractivity contribution in [1.29, 1.82) is 0 Å². The van der Waals surface area contributed by atoms with Crippen molar-refractivity contribution in [3.8, 4) is 23.3 Å². The molecule has 0 bridgehead atoms. The highest BCUT2D eigenvalue weighted by Gasteiger charge is 2.13. The number of carbonyl (C=O) groups is 1. The van der Waals surface area contributed by atoms with Crippen LogP contribution in [0.4, 0.5) is 5.69 Å². The third-order valence-corrected chi connectivity index (χ3v) is 5.96. The zero-order valence-electron chi connectivity index (χ0n) is 18.6. The van der Waals surface area contributed by atoms with E-state index in [9.17, 15) is 18.3 Å². The van der Waals surface area contributed by atoms with E-state index >= 15 is 0 Å². The molecule has 0 fully saturated rings. The monoisotopic (exact) mass is 479 g/mol. The lowest BCUT2D eigenvalue weighted by molar-refractivity contribution is -0.134. The Labute approximate surface area is 199 Å². The van der Waals surface area contributed by atoms with Gasteiger partial charge < -0.3 is 14.6 Å². The number of esters is 1. The normalized spacial score (nSPS) is 11.6. The number of aliphatic hydroxyl groups is 1. The van der Waals surface area contributed by atoms with Gasteiger partial charge in [0.1, 0.15) is 6.10 Å². The zero-order chi connectivity index (χ0) is 24.4. The summed E-state index contributed by atoms with van der Waals surface area (Å²) < 4.78 is 38.4. The highest BCUT2D eigenvalue weighted by Crippen LogP contribution is 2.27. The minimum atomic E-state index is -3.71. The second kappa shape index (κ2) is 11.9. The van der Waals surface area contributed by atoms with Crippen LogP contribution in [-0.4, -0.2) is 32.2 Å². The van der Waals surface area contributed by atoms with Crippen LogP contribution < -0.4 is 14.2 Å². The first-order valence-electron chi connectivity index (χ1n) is 10.7. The van der Waals surface area contributed by atoms with Crippen LogP contribution in [0.1, 0.15) is 25.3 Å². The first-order valence-corrected chi connectivity index (χ1v) is 12.2. The summed E-state index contributed by atoms with van der Waals surface area (Å²) in [6.07, 6.45) is -0.490. The molecule has 0 aliphatic heterocycles. The Morgan fingerprint density at radius 3 is 2.44 bits per heavy atom. The highest BCUT2D eigenvalue weighted by atomic mass is 32.2. The number of ether oxygens (including phenoxy) is 2. The van der Waals surface area contributed by atoms with Crippen molar-refractivity contribution in [1.82, 2.24) is 0 Å². The van der Waals surface area contributed by atoms with Gasteiger partial charge in [-0.05, 0) is 42.5 Å². The number of benzene rings is 3. The Hall–Kier alpha value is -3.80. The first-order chi connectivity index (χ1) is 16.4. The minimum absolute atomic E-state index is 0.160. The summed E-state index contributed by atoms with van der Waals surface area (Å²) in [4.78, 5) is 11.7. The smallest absolute Gasteiger partial charge is 0.311 e. The average Bonchev–Trinajstić information content (AvgIpc) is 2.84. The minimum Gasteiger partial charge on any atom is -0.490 e. The Morgan fingerprint density at radius 2 is 1.71 bits per heavy atom. The fraction of sp³-hybridized carbons (Fsp3) is 0.192. The van der Waals surface area contributed by atoms with Gasteiger partial charge in [0, 0.05) is 18.4 Å². The van der Waals surface area contributed by atoms with E-state index < -0.39 is 16.1 Å². The van der Waals surface area contributed by atoms with E-state index in [-0.39, 0.29) is 30.3 Å². The number of sulfonamides is 1. The Balaban J connectivity index is 1.57. The van der Waals surface area contributed by atoms with Gasteiger partial charge in [-0.1, -0.05) is 55.2 Å². The number of carbonyl (C=O) groups excluding carboxylic acids is 1. The number of rotatable bonds is 9. The third kappa shape index (κ3) is 7.37. The molecule has 0 saturated carbocycles. The number of hydrogen-bond donors (Lipinski definition) is 2. The number of para-hydroxylation sites is 2. The molecule has 7 nitrogen and oxygen atoms in total. The molecular weight excluding hydrogens is 454 g/mol. The molecule has 0 saturated heterocycles. The molecule has 3 aromatic rings. The summed E-state index contributed by atoms with van der Waals surface area (Å²) in [6.45, 7) is 1.86. The molecule has 0 aliphatic carbocycles. The van der Waals surface area contributed by atoms with Gasteiger partial charge in [-0.2, -0.15) is 0 Å². The lowest BCUT2D eigenvalue weighted by Crippen LogP contribution is -2.12. The van der Waals surface area contributed by atoms with Crippen LogP contribution in [0.15, 0.2) is 83.8 Å². The standard InChI is InChI=1S/C26H25NO6S/c1-2-26(29)33-25-14-7-6-13-24(25)32-18-17-22(28)16-15-20-9-8-10-21(19-20)27-34(30,31)23-11-4-3-5-12-23/h3-14,19,22,27-28H,2,17-18H2,1H3/t22-/m0/s1. The first kappa shape index (κ1) is 24.8. The molecule has 8 heteroatoms. The number of nitrogens with one attached hydrogen (secondary N) is 1. The van der Waals surface area contributed by atoms with Crippen molar-refractivity contribution in [3.05, 3.63) is 84.4 Å². The van der Waals surface area contributed by atoms with Gasteiger partial charge in [0.15, 0.2) is 11.5 Å². The van der Waals surface area contributed by atoms with Crippen molar-refractivity contribution < 1.29 is 27.8 Å². The van der Waals surface area contributed by atoms with Crippen molar-refractivity contribution >= 4 is 21.7 Å². The lowest BCUT2D eigenvalue weighted by atomic mass is 10.2. The van der Waals surface area contributed by atoms with Gasteiger partial charge in [-0.15, -0.1) is 0 Å². The van der Waals surface area contributed by atoms with E-state index in [0.29, 0.717) is 22.7 Å². The average molecular weight is 480 g/mol. The van der Waals surface area contributed by atoms with E-state index in [2.05, 4.69) is 16.6 Å². The molecule has 0 spiro atoms. The van der Waals surface area contributed by atoms with E-state index in [0.717, 1.165) is 0 Å². The van der Waals surface area contributed by atoms with Crippen LogP contribution in [0.3, 0.4) is 0 Å². The number of aliphatic hydroxyl groups excluding tert-OH is 1. The van der Waals surface area contributed by atoms with Gasteiger partial charge >= 0.3 is 5.97 Å². The quantitative estimate of drug-likeness (QED) is 0.273. The fourth-order valence-electron chi connectivity index (χ4n) is 2.84. The van der Waals surface area contributed by atoms with Crippen LogP contribution in [0, 0.1) is 11.8 Å². The van der Waals surface area contributed by atoms with E-state index in [4.69, 9.17) is 9.47 Å². The maximum atomic E-state index is 12.5. The van der Waals surface area contributed by atoms with Crippen LogP contribution in [-0.2, 0) is 14.8 Å². The van der Waals surface area contributed by atoms with Crippen LogP contribution in [0.5, 0.6) is 11.5 Å². The van der Waals surface area contributed by atoms with Gasteiger partial charge in [0.25, 0.3) is 10.0 Å². The molecule has 0 heterocycles. The molecule has 0 aliphatic rings. The summed E-state index contributed by atoms with van der Waals surface area (Å²) in [5.74, 6) is 5.93. The van der Waals surface area contributed by atoms with Crippen molar-refractivity contribution in [2.24, 2.45) is 0 Å². The fourth-order valence-corrected chi connectivity index (χ4v) is 3.91. The van der Waals surface area contributed by atoms with Crippen molar-refractivity contribution in [3.63, 3.8) is 0 Å². The second-order valence-electron chi connectivity index (χ2n) is 7.20. The van der Waals surface area contributed by atoms with Gasteiger partial charge in [-0.3, -0.25) is 9.52 Å². The second-order valence-corrected chi connectivity index (χ2v) is 8.88. The molecule has 176 valence electrons. The summed E-state index contributed by atoms with van der Waals surface area (Å²) in [5, 5.41) is 10.2. The van der Waals surface area contributed by atoms with Crippen molar-refractivity contribution in [2.75, 3.05) is 11.3 Å². The SMILES string of the molecule is CCC(=O)Oc1ccccc1OCC[C@@H](O)C#Cc1cccc(NS(=O)(=O)c2ccccc2)c1. The van der Waals surface area contributed by atoms with Crippen LogP contribution in [0.25, 0.3) is 0 Å². The molecule has 3 aromatic carbocycles. The number of hydrogen-bond acceptors (Lipinski definition) is 6. The van der Waals surface area contributed by atoms with E-state index in [1.807, 2.05) is 0 Å². The maximum Gasteiger partial charge on any atom is 0.311 e. The van der Waals surface area contributed by atoms with Crippen LogP contribution >= 0.6 is 0 Å². The molecule has 0 unspecified atom stereocenters. The zero-order valence-corrected chi connectivity index (χ0v) is 19.4. The van der Waals surface area contributed by atoms with Crippen molar-refractivity contribution in [2.45, 2.75) is 30.8 Å². The molecule has 0 aromatic heterocycles. The Kier molecular flexibility index (Phi) is 8.68. The molecule has 2 N–H and O–H groups in total. The van der Waals surface area contributed by atoms with Gasteiger partial charge in [0.2, 0.25) is 0 Å². The third-order valence-electron chi connectivity index (χ3n) is 4.56. The summed E-state index contributed by atoms with van der Waals surface area (Å²) in [5.41, 5.74) is 0.914. The van der Waals surface area contributed by atoms with Crippen LogP contribution in [0.2, 0.25) is 0 Å². The summed E-state index contributed by atoms with van der Waals surface area (Å²) in [7, 11) is -3.71. The predicted molar refractivity (Wildman–Crippen MR) is 129 cm³/mol. The number of anilines is 1. The molecule has 3 rings (SSSR count). The molecule has 0 radical (unpaired) electrons. The molecule has 1 atom stereocenters. The molecule has 0 amide bonds. The Bertz CT molecular complexity index is 1280. The molecular formula is C26H25NO6S. The largest absolute Gasteiger partial charge is 0.490 e. The van der Waals surface area contributed by atoms with E-state index in [1.165, 1.54) is 12.1 Å². The Morgan fingerprint density at radius 1 is 1.00 bits per heavy atom. The van der Waals surface area contributed by atoms with Gasteiger partial charge in [-0.25, -0.2) is 8.42 Å². The topological polar surface area (TPSA) is 102 Å². The summed E-state index contributed by atoms with van der Waals surface area (Å²) >= 11 is 0. The molecule has 34 heavy (non-hydrogen) atoms. The highest BCUT2D eigenvalue weighted by molar-refractivity contribution is 7.92. The van der Waals surface area contributed by atoms with Gasteiger partial charge in [0.05, 0.1) is 17.2 Å². The lowest BCUT2D eigenvalue weighted by Gasteiger charge is -2.11. The van der Waals surface area contributed by atoms with E-state index in [1.54, 1.807) is 73.7 Å². The maximum absolute atomic E-state index is 12.5. The predicted octanol–water partition coefficient (Wildman–Crippen LogP) is 3.98.